The maximum absolute atomic E-state index is 13.2. The molecule has 0 aliphatic rings. The number of carboxylic acids is 1. The Hall–Kier alpha value is -3.85. The molecule has 222 valence electrons. The van der Waals surface area contributed by atoms with Gasteiger partial charge in [0, 0.05) is 19.4 Å². The number of hydrogen-bond donors (Lipinski definition) is 8. The molecule has 0 fully saturated rings. The van der Waals surface area contributed by atoms with Crippen molar-refractivity contribution in [1.82, 2.24) is 16.0 Å². The summed E-state index contributed by atoms with van der Waals surface area (Å²) in [5.74, 6) is -3.59. The van der Waals surface area contributed by atoms with Crippen molar-refractivity contribution in [2.45, 2.75) is 62.7 Å². The maximum Gasteiger partial charge on any atom is 0.326 e. The number of guanidine groups is 1. The van der Waals surface area contributed by atoms with Crippen LogP contribution in [0.2, 0.25) is 0 Å². The van der Waals surface area contributed by atoms with Gasteiger partial charge in [0.25, 0.3) is 0 Å². The van der Waals surface area contributed by atoms with Crippen molar-refractivity contribution < 1.29 is 29.1 Å². The van der Waals surface area contributed by atoms with Crippen LogP contribution >= 0.6 is 11.8 Å². The molecular formula is C25H40N8O6S. The summed E-state index contributed by atoms with van der Waals surface area (Å²) in [4.78, 5) is 66.0. The molecular weight excluding hydrogens is 540 g/mol. The van der Waals surface area contributed by atoms with Gasteiger partial charge in [-0.15, -0.1) is 0 Å². The van der Waals surface area contributed by atoms with Gasteiger partial charge in [-0.2, -0.15) is 11.8 Å². The third-order valence-electron chi connectivity index (χ3n) is 5.76. The van der Waals surface area contributed by atoms with Crippen LogP contribution in [0.25, 0.3) is 0 Å². The number of hydrogen-bond acceptors (Lipinski definition) is 8. The zero-order chi connectivity index (χ0) is 30.1. The average molecular weight is 581 g/mol. The first-order chi connectivity index (χ1) is 18.9. The van der Waals surface area contributed by atoms with E-state index in [0.717, 1.165) is 0 Å². The number of nitrogens with one attached hydrogen (secondary N) is 3. The Morgan fingerprint density at radius 2 is 1.45 bits per heavy atom. The van der Waals surface area contributed by atoms with E-state index in [0.29, 0.717) is 17.7 Å². The van der Waals surface area contributed by atoms with E-state index in [2.05, 4.69) is 20.9 Å². The van der Waals surface area contributed by atoms with E-state index < -0.39 is 53.8 Å². The van der Waals surface area contributed by atoms with Gasteiger partial charge in [0.2, 0.25) is 23.6 Å². The number of thioether (sulfide) groups is 1. The topological polar surface area (TPSA) is 258 Å². The van der Waals surface area contributed by atoms with Crippen LogP contribution < -0.4 is 38.9 Å². The third-order valence-corrected chi connectivity index (χ3v) is 6.40. The number of nitrogens with two attached hydrogens (primary N) is 4. The lowest BCUT2D eigenvalue weighted by molar-refractivity contribution is -0.142. The predicted molar refractivity (Wildman–Crippen MR) is 153 cm³/mol. The van der Waals surface area contributed by atoms with Crippen molar-refractivity contribution >= 4 is 47.3 Å². The minimum absolute atomic E-state index is 0.00583. The minimum atomic E-state index is -1.29. The van der Waals surface area contributed by atoms with Gasteiger partial charge in [0.05, 0.1) is 6.04 Å². The van der Waals surface area contributed by atoms with Crippen LogP contribution in [0.1, 0.15) is 37.7 Å². The van der Waals surface area contributed by atoms with Crippen LogP contribution in [0.3, 0.4) is 0 Å². The molecule has 4 atom stereocenters. The third kappa shape index (κ3) is 13.8. The molecule has 0 heterocycles. The van der Waals surface area contributed by atoms with Gasteiger partial charge in [0.15, 0.2) is 5.96 Å². The fourth-order valence-corrected chi connectivity index (χ4v) is 4.06. The Morgan fingerprint density at radius 3 is 2.00 bits per heavy atom. The molecule has 0 bridgehead atoms. The fraction of sp³-hybridized carbons (Fsp3) is 0.520. The normalized spacial score (nSPS) is 13.7. The van der Waals surface area contributed by atoms with E-state index in [1.807, 2.05) is 6.26 Å². The summed E-state index contributed by atoms with van der Waals surface area (Å²) >= 11 is 1.45. The van der Waals surface area contributed by atoms with Crippen molar-refractivity contribution in [1.29, 1.82) is 0 Å². The zero-order valence-electron chi connectivity index (χ0n) is 22.5. The van der Waals surface area contributed by atoms with Crippen LogP contribution in [0.15, 0.2) is 35.3 Å². The van der Waals surface area contributed by atoms with Gasteiger partial charge >= 0.3 is 5.97 Å². The molecule has 0 aromatic heterocycles. The fourth-order valence-electron chi connectivity index (χ4n) is 3.58. The lowest BCUT2D eigenvalue weighted by Gasteiger charge is -2.25. The summed E-state index contributed by atoms with van der Waals surface area (Å²) in [5, 5.41) is 17.2. The second-order valence-corrected chi connectivity index (χ2v) is 10.0. The van der Waals surface area contributed by atoms with Gasteiger partial charge in [0.1, 0.15) is 18.1 Å². The smallest absolute Gasteiger partial charge is 0.326 e. The number of benzene rings is 1. The van der Waals surface area contributed by atoms with Crippen LogP contribution in [0, 0.1) is 0 Å². The van der Waals surface area contributed by atoms with Gasteiger partial charge < -0.3 is 44.0 Å². The number of rotatable bonds is 19. The molecule has 0 aliphatic carbocycles. The Bertz CT molecular complexity index is 1020. The molecule has 4 unspecified atom stereocenters. The molecule has 4 amide bonds. The number of carbonyl (C=O) groups is 5. The lowest BCUT2D eigenvalue weighted by atomic mass is 10.0. The number of aliphatic carboxylic acids is 1. The summed E-state index contributed by atoms with van der Waals surface area (Å²) in [6, 6.07) is 4.17. The van der Waals surface area contributed by atoms with E-state index in [1.54, 1.807) is 30.3 Å². The summed E-state index contributed by atoms with van der Waals surface area (Å²) in [5.41, 5.74) is 22.4. The van der Waals surface area contributed by atoms with E-state index in [9.17, 15) is 29.1 Å². The second kappa shape index (κ2) is 18.4. The Balaban J connectivity index is 2.96. The van der Waals surface area contributed by atoms with Gasteiger partial charge in [-0.1, -0.05) is 30.3 Å². The quantitative estimate of drug-likeness (QED) is 0.0515. The Morgan fingerprint density at radius 1 is 0.875 bits per heavy atom. The van der Waals surface area contributed by atoms with Gasteiger partial charge in [-0.05, 0) is 43.3 Å². The van der Waals surface area contributed by atoms with Crippen molar-refractivity contribution in [3.05, 3.63) is 35.9 Å². The molecule has 0 radical (unpaired) electrons. The number of carboxylic acid groups (broad SMARTS) is 1. The van der Waals surface area contributed by atoms with Crippen LogP contribution in [0.4, 0.5) is 0 Å². The van der Waals surface area contributed by atoms with E-state index in [-0.39, 0.29) is 44.6 Å². The number of amides is 4. The Kier molecular flexibility index (Phi) is 15.8. The highest BCUT2D eigenvalue weighted by molar-refractivity contribution is 7.98. The highest BCUT2D eigenvalue weighted by Crippen LogP contribution is 2.08. The summed E-state index contributed by atoms with van der Waals surface area (Å²) in [6.45, 7) is 0.290. The SMILES string of the molecule is CSCCC(NC(=O)C(N)CCCN=C(N)N)C(=O)NC(CCC(N)=O)C(=O)NC(Cc1ccccc1)C(=O)O. The molecule has 14 nitrogen and oxygen atoms in total. The lowest BCUT2D eigenvalue weighted by Crippen LogP contribution is -2.57. The number of aliphatic imine (C=N–C) groups is 1. The van der Waals surface area contributed by atoms with E-state index in [1.165, 1.54) is 11.8 Å². The standard InChI is InChI=1S/C25H40N8O6S/c1-40-13-11-18(31-21(35)16(26)8-5-12-30-25(28)29)23(37)32-17(9-10-20(27)34)22(36)33-19(24(38)39)14-15-6-3-2-4-7-15/h2-4,6-7,16-19H,5,8-14,26H2,1H3,(H2,27,34)(H,31,35)(H,32,37)(H,33,36)(H,38,39)(H4,28,29,30). The first kappa shape index (κ1) is 34.2. The minimum Gasteiger partial charge on any atom is -0.480 e. The van der Waals surface area contributed by atoms with Crippen molar-refractivity contribution in [2.75, 3.05) is 18.6 Å². The summed E-state index contributed by atoms with van der Waals surface area (Å²) in [6.07, 6.45) is 2.36. The van der Waals surface area contributed by atoms with Crippen LogP contribution in [-0.2, 0) is 30.4 Å². The zero-order valence-corrected chi connectivity index (χ0v) is 23.3. The highest BCUT2D eigenvalue weighted by atomic mass is 32.2. The Labute approximate surface area is 237 Å². The van der Waals surface area contributed by atoms with Crippen LogP contribution in [-0.4, -0.2) is 83.4 Å². The summed E-state index contributed by atoms with van der Waals surface area (Å²) < 4.78 is 0. The molecule has 1 rings (SSSR count). The monoisotopic (exact) mass is 580 g/mol. The molecule has 1 aromatic rings. The van der Waals surface area contributed by atoms with Crippen molar-refractivity contribution in [3.63, 3.8) is 0 Å². The number of carbonyl (C=O) groups excluding carboxylic acids is 4. The molecule has 0 aliphatic heterocycles. The van der Waals surface area contributed by atoms with Crippen LogP contribution in [0.5, 0.6) is 0 Å². The van der Waals surface area contributed by atoms with E-state index in [4.69, 9.17) is 22.9 Å². The van der Waals surface area contributed by atoms with E-state index >= 15 is 0 Å². The first-order valence-corrected chi connectivity index (χ1v) is 14.1. The molecule has 15 heteroatoms. The van der Waals surface area contributed by atoms with Crippen molar-refractivity contribution in [2.24, 2.45) is 27.9 Å². The average Bonchev–Trinajstić information content (AvgIpc) is 2.90. The maximum atomic E-state index is 13.2. The van der Waals surface area contributed by atoms with Gasteiger partial charge in [-0.3, -0.25) is 24.2 Å². The molecule has 0 spiro atoms. The predicted octanol–water partition coefficient (Wildman–Crippen LogP) is -1.83. The molecule has 1 aromatic carbocycles. The number of nitrogens with zero attached hydrogens (tertiary/aromatic N) is 1. The van der Waals surface area contributed by atoms with Crippen molar-refractivity contribution in [3.8, 4) is 0 Å². The molecule has 0 saturated heterocycles. The molecule has 40 heavy (non-hydrogen) atoms. The molecule has 12 N–H and O–H groups in total. The second-order valence-electron chi connectivity index (χ2n) is 9.05. The summed E-state index contributed by atoms with van der Waals surface area (Å²) in [7, 11) is 0. The first-order valence-electron chi connectivity index (χ1n) is 12.7. The number of primary amides is 1. The largest absolute Gasteiger partial charge is 0.480 e. The van der Waals surface area contributed by atoms with Gasteiger partial charge in [-0.25, -0.2) is 4.79 Å². The molecule has 0 saturated carbocycles. The highest BCUT2D eigenvalue weighted by Gasteiger charge is 2.30.